The Morgan fingerprint density at radius 3 is 1.50 bits per heavy atom. The normalized spacial score (nSPS) is 13.5. The number of benzene rings is 4. The fraction of sp³-hybridized carbons (Fsp3) is 0.302. The average Bonchev–Trinajstić information content (AvgIpc) is 3.60. The maximum Gasteiger partial charge on any atom is -0.0771 e. The summed E-state index contributed by atoms with van der Waals surface area (Å²) < 4.78 is 1.42. The van der Waals surface area contributed by atoms with Gasteiger partial charge in [0.05, 0.1) is 0 Å². The van der Waals surface area contributed by atoms with Crippen molar-refractivity contribution in [1.82, 2.24) is 0 Å². The van der Waals surface area contributed by atoms with Crippen LogP contribution in [0.2, 0.25) is 0 Å². The summed E-state index contributed by atoms with van der Waals surface area (Å²) >= 11 is 1.46. The van der Waals surface area contributed by atoms with Crippen LogP contribution in [0.25, 0.3) is 21.5 Å². The number of halogens is 2. The van der Waals surface area contributed by atoms with E-state index >= 15 is 0 Å². The molecule has 0 bridgehead atoms. The number of hydrogen-bond acceptors (Lipinski definition) is 0. The van der Waals surface area contributed by atoms with Gasteiger partial charge >= 0.3 is 99.2 Å². The molecule has 5 aromatic rings. The first kappa shape index (κ1) is 39.7. The van der Waals surface area contributed by atoms with E-state index < -0.39 is 0 Å². The summed E-state index contributed by atoms with van der Waals surface area (Å²) in [6.07, 6.45) is 14.0. The molecule has 3 heteroatoms. The van der Waals surface area contributed by atoms with Crippen molar-refractivity contribution in [3.05, 3.63) is 149 Å². The van der Waals surface area contributed by atoms with Gasteiger partial charge in [0.15, 0.2) is 0 Å². The summed E-state index contributed by atoms with van der Waals surface area (Å²) in [5, 5.41) is 5.39. The zero-order chi connectivity index (χ0) is 31.1. The van der Waals surface area contributed by atoms with Crippen LogP contribution in [0.5, 0.6) is 0 Å². The second-order valence-corrected chi connectivity index (χ2v) is 12.9. The van der Waals surface area contributed by atoms with Crippen molar-refractivity contribution in [3.8, 4) is 0 Å². The zero-order valence-electron chi connectivity index (χ0n) is 28.0. The Kier molecular flexibility index (Phi) is 18.5. The van der Waals surface area contributed by atoms with Crippen LogP contribution in [-0.2, 0) is 24.2 Å². The van der Waals surface area contributed by atoms with E-state index in [0.717, 1.165) is 0 Å². The molecule has 1 aliphatic rings. The van der Waals surface area contributed by atoms with Gasteiger partial charge in [0.2, 0.25) is 0 Å². The van der Waals surface area contributed by atoms with Gasteiger partial charge in [-0.2, -0.15) is 11.1 Å². The van der Waals surface area contributed by atoms with E-state index in [-0.39, 0.29) is 24.8 Å². The van der Waals surface area contributed by atoms with E-state index in [2.05, 4.69) is 149 Å². The molecule has 0 nitrogen and oxygen atoms in total. The van der Waals surface area contributed by atoms with E-state index in [4.69, 9.17) is 0 Å². The second-order valence-electron chi connectivity index (χ2n) is 11.6. The molecule has 1 aliphatic carbocycles. The van der Waals surface area contributed by atoms with Gasteiger partial charge in [-0.05, 0) is 6.42 Å². The molecule has 0 aliphatic heterocycles. The van der Waals surface area contributed by atoms with E-state index in [9.17, 15) is 0 Å². The van der Waals surface area contributed by atoms with E-state index in [1.807, 2.05) is 0 Å². The van der Waals surface area contributed by atoms with Crippen molar-refractivity contribution in [1.29, 1.82) is 0 Å². The topological polar surface area (TPSA) is 0 Å². The van der Waals surface area contributed by atoms with Crippen molar-refractivity contribution in [2.45, 2.75) is 79.1 Å². The maximum absolute atomic E-state index is 3.81. The minimum atomic E-state index is 0. The molecule has 1 unspecified atom stereocenters. The predicted octanol–water partition coefficient (Wildman–Crippen LogP) is 6.36. The molecule has 5 aromatic carbocycles. The summed E-state index contributed by atoms with van der Waals surface area (Å²) in [5.74, 6) is 0.656. The quantitative estimate of drug-likeness (QED) is 0.147. The first-order chi connectivity index (χ1) is 21.6. The van der Waals surface area contributed by atoms with Crippen LogP contribution in [0, 0.1) is 12.0 Å². The summed E-state index contributed by atoms with van der Waals surface area (Å²) in [6, 6.07) is 40.4. The molecule has 46 heavy (non-hydrogen) atoms. The Morgan fingerprint density at radius 1 is 0.587 bits per heavy atom. The van der Waals surface area contributed by atoms with Crippen molar-refractivity contribution in [3.63, 3.8) is 0 Å². The summed E-state index contributed by atoms with van der Waals surface area (Å²) in [4.78, 5) is 0. The third-order valence-electron chi connectivity index (χ3n) is 8.27. The Bertz CT molecular complexity index is 1570. The summed E-state index contributed by atoms with van der Waals surface area (Å²) in [6.45, 7) is 9.18. The average molecular weight is 727 g/mol. The molecule has 0 saturated heterocycles. The van der Waals surface area contributed by atoms with Crippen LogP contribution in [0.4, 0.5) is 0 Å². The molecule has 0 aromatic heterocycles. The molecular formula is C43H48Cl2Zr-2. The van der Waals surface area contributed by atoms with Crippen molar-refractivity contribution < 1.29 is 49.0 Å². The van der Waals surface area contributed by atoms with Crippen LogP contribution in [0.15, 0.2) is 132 Å². The first-order valence-electron chi connectivity index (χ1n) is 16.7. The number of allylic oxidation sites excluding steroid dienone is 4. The third-order valence-corrected chi connectivity index (χ3v) is 9.68. The Labute approximate surface area is 305 Å². The minimum Gasteiger partial charge on any atom is -0.126 e. The SMILES string of the molecule is CCCC1=[C-]C(CCC)C(CCC)=C1CCC.[Cl-].[Cl-].[Zr+2]=[C](c1ccccc1)c1ccccc1.c1ccc2c(c1)[cH-]c1ccccc12. The summed E-state index contributed by atoms with van der Waals surface area (Å²) in [5.41, 5.74) is 7.65. The zero-order valence-corrected chi connectivity index (χ0v) is 31.9. The molecule has 0 fully saturated rings. The monoisotopic (exact) mass is 724 g/mol. The van der Waals surface area contributed by atoms with E-state index in [1.165, 1.54) is 111 Å². The third kappa shape index (κ3) is 10.8. The molecule has 0 spiro atoms. The van der Waals surface area contributed by atoms with Gasteiger partial charge in [-0.25, -0.2) is 5.57 Å². The van der Waals surface area contributed by atoms with Gasteiger partial charge in [0.25, 0.3) is 0 Å². The van der Waals surface area contributed by atoms with Crippen LogP contribution >= 0.6 is 0 Å². The molecule has 240 valence electrons. The van der Waals surface area contributed by atoms with Gasteiger partial charge in [-0.15, -0.1) is 39.7 Å². The van der Waals surface area contributed by atoms with Gasteiger partial charge in [-0.3, -0.25) is 6.08 Å². The van der Waals surface area contributed by atoms with Crippen LogP contribution in [-0.4, -0.2) is 3.21 Å². The Balaban J connectivity index is 0.000000236. The van der Waals surface area contributed by atoms with Crippen LogP contribution in [0.3, 0.4) is 0 Å². The molecule has 0 amide bonds. The first-order valence-corrected chi connectivity index (χ1v) is 17.9. The van der Waals surface area contributed by atoms with Crippen molar-refractivity contribution >= 4 is 24.8 Å². The molecule has 0 heterocycles. The number of fused-ring (bicyclic) bond motifs is 3. The Morgan fingerprint density at radius 2 is 1.04 bits per heavy atom. The van der Waals surface area contributed by atoms with Gasteiger partial charge in [-0.1, -0.05) is 115 Å². The van der Waals surface area contributed by atoms with E-state index in [0.29, 0.717) is 5.92 Å². The van der Waals surface area contributed by atoms with E-state index in [1.54, 1.807) is 16.7 Å². The fourth-order valence-electron chi connectivity index (χ4n) is 6.23. The van der Waals surface area contributed by atoms with Crippen LogP contribution < -0.4 is 24.8 Å². The molecule has 6 rings (SSSR count). The standard InChI is InChI=1S/C17H29.C13H9.C13H10.2ClH.Zr/c1-5-9-14-13-15(10-6-2)17(12-8-4)16(14)11-7-3;1-3-7-12-10(5-1)9-11-6-2-4-8-13(11)12;1-3-7-12(8-4-1)11-13-9-5-2-6-10-13;;;/h14H,5-12H2,1-4H3;1-9H;1-10H;2*1H;/q2*-1;;;;+2/p-2. The predicted molar refractivity (Wildman–Crippen MR) is 190 cm³/mol. The number of hydrogen-bond donors (Lipinski definition) is 0. The summed E-state index contributed by atoms with van der Waals surface area (Å²) in [7, 11) is 0. The smallest absolute Gasteiger partial charge is 0.0771 e. The van der Waals surface area contributed by atoms with Crippen molar-refractivity contribution in [2.24, 2.45) is 5.92 Å². The van der Waals surface area contributed by atoms with Gasteiger partial charge < -0.3 is 24.8 Å². The molecule has 0 saturated carbocycles. The van der Waals surface area contributed by atoms with Crippen LogP contribution in [0.1, 0.15) is 90.2 Å². The largest absolute Gasteiger partial charge is 0.126 e. The minimum absolute atomic E-state index is 0. The number of rotatable bonds is 10. The molecule has 0 radical (unpaired) electrons. The van der Waals surface area contributed by atoms with Gasteiger partial charge in [0.1, 0.15) is 0 Å². The maximum atomic E-state index is 3.81. The Hall–Kier alpha value is -2.44. The second kappa shape index (κ2) is 21.4. The molecule has 0 N–H and O–H groups in total. The molecular weight excluding hydrogens is 679 g/mol. The fourth-order valence-corrected chi connectivity index (χ4v) is 7.05. The van der Waals surface area contributed by atoms with Crippen molar-refractivity contribution in [2.75, 3.05) is 0 Å². The van der Waals surface area contributed by atoms with Gasteiger partial charge in [0, 0.05) is 0 Å². The molecule has 1 atom stereocenters.